The van der Waals surface area contributed by atoms with Gasteiger partial charge in [-0.3, -0.25) is 0 Å². The van der Waals surface area contributed by atoms with Crippen LogP contribution in [0.3, 0.4) is 0 Å². The molecule has 0 unspecified atom stereocenters. The lowest BCUT2D eigenvalue weighted by atomic mass is 9.78. The minimum Gasteiger partial charge on any atom is -0.362 e. The van der Waals surface area contributed by atoms with E-state index in [9.17, 15) is 0 Å². The number of nitrogens with one attached hydrogen (secondary N) is 2. The number of hydrogen-bond donors (Lipinski definition) is 2. The summed E-state index contributed by atoms with van der Waals surface area (Å²) in [4.78, 5) is 2.73. The molecule has 2 fully saturated rings. The monoisotopic (exact) mass is 411 g/mol. The van der Waals surface area contributed by atoms with E-state index in [1.54, 1.807) is 0 Å². The Labute approximate surface area is 186 Å². The number of anilines is 1. The van der Waals surface area contributed by atoms with Crippen LogP contribution in [0, 0.1) is 0 Å². The van der Waals surface area contributed by atoms with Crippen LogP contribution in [0.4, 0.5) is 5.69 Å². The van der Waals surface area contributed by atoms with Crippen molar-refractivity contribution in [1.29, 1.82) is 0 Å². The van der Waals surface area contributed by atoms with Crippen LogP contribution in [0.5, 0.6) is 0 Å². The van der Waals surface area contributed by atoms with E-state index in [0.29, 0.717) is 24.2 Å². The molecule has 2 aliphatic rings. The van der Waals surface area contributed by atoms with Crippen LogP contribution in [0.2, 0.25) is 0 Å². The highest BCUT2D eigenvalue weighted by Gasteiger charge is 2.44. The van der Waals surface area contributed by atoms with Gasteiger partial charge in [-0.05, 0) is 48.9 Å². The van der Waals surface area contributed by atoms with Gasteiger partial charge in [-0.15, -0.1) is 0 Å². The first-order valence-corrected chi connectivity index (χ1v) is 11.8. The molecule has 2 N–H and O–H groups in total. The summed E-state index contributed by atoms with van der Waals surface area (Å²) >= 11 is 0. The van der Waals surface area contributed by atoms with Gasteiger partial charge in [-0.2, -0.15) is 0 Å². The van der Waals surface area contributed by atoms with E-state index < -0.39 is 0 Å². The second-order valence-corrected chi connectivity index (χ2v) is 8.98. The van der Waals surface area contributed by atoms with Gasteiger partial charge in [0.05, 0.1) is 0 Å². The van der Waals surface area contributed by atoms with E-state index >= 15 is 0 Å². The topological polar surface area (TPSA) is 27.3 Å². The minimum atomic E-state index is 0.534. The van der Waals surface area contributed by atoms with Crippen molar-refractivity contribution in [3.05, 3.63) is 102 Å². The summed E-state index contributed by atoms with van der Waals surface area (Å²) in [6, 6.07) is 34.8. The normalized spacial score (nSPS) is 25.4. The molecule has 0 aliphatic carbocycles. The lowest BCUT2D eigenvalue weighted by molar-refractivity contribution is 0.195. The van der Waals surface area contributed by atoms with Crippen LogP contribution in [-0.4, -0.2) is 24.2 Å². The van der Waals surface area contributed by atoms with Crippen molar-refractivity contribution in [1.82, 2.24) is 10.6 Å². The van der Waals surface area contributed by atoms with Crippen LogP contribution in [0.15, 0.2) is 91.0 Å². The quantitative estimate of drug-likeness (QED) is 0.564. The Morgan fingerprint density at radius 1 is 0.548 bits per heavy atom. The van der Waals surface area contributed by atoms with E-state index in [2.05, 4.69) is 107 Å². The summed E-state index contributed by atoms with van der Waals surface area (Å²) < 4.78 is 0. The number of piperidine rings is 2. The lowest BCUT2D eigenvalue weighted by Crippen LogP contribution is -2.66. The molecule has 0 spiro atoms. The highest BCUT2D eigenvalue weighted by molar-refractivity contribution is 5.50. The molecule has 3 heteroatoms. The fraction of sp³-hybridized carbons (Fsp3) is 0.357. The van der Waals surface area contributed by atoms with Gasteiger partial charge >= 0.3 is 0 Å². The molecule has 0 amide bonds. The first-order valence-electron chi connectivity index (χ1n) is 11.8. The Hall–Kier alpha value is -2.62. The van der Waals surface area contributed by atoms with Crippen LogP contribution in [0.25, 0.3) is 0 Å². The number of rotatable bonds is 7. The van der Waals surface area contributed by atoms with Crippen molar-refractivity contribution >= 4 is 5.69 Å². The molecular weight excluding hydrogens is 378 g/mol. The third-order valence-corrected chi connectivity index (χ3v) is 7.07. The fourth-order valence-corrected chi connectivity index (χ4v) is 5.55. The zero-order chi connectivity index (χ0) is 20.9. The SMILES string of the molecule is c1ccc(CN[C@@H]2CC[C@@H]3[C@H](NCc4ccccc4)CC[C@H]2N3c2ccccc2)cc1. The van der Waals surface area contributed by atoms with Crippen molar-refractivity contribution < 1.29 is 0 Å². The molecule has 31 heavy (non-hydrogen) atoms. The first kappa shape index (κ1) is 20.3. The van der Waals surface area contributed by atoms with E-state index in [1.165, 1.54) is 42.5 Å². The van der Waals surface area contributed by atoms with Gasteiger partial charge < -0.3 is 15.5 Å². The van der Waals surface area contributed by atoms with Gasteiger partial charge in [0, 0.05) is 42.9 Å². The van der Waals surface area contributed by atoms with Gasteiger partial charge in [0.15, 0.2) is 0 Å². The summed E-state index contributed by atoms with van der Waals surface area (Å²) in [6.07, 6.45) is 4.94. The summed E-state index contributed by atoms with van der Waals surface area (Å²) in [5, 5.41) is 7.81. The van der Waals surface area contributed by atoms with Crippen LogP contribution < -0.4 is 15.5 Å². The van der Waals surface area contributed by atoms with Gasteiger partial charge in [0.2, 0.25) is 0 Å². The summed E-state index contributed by atoms with van der Waals surface area (Å²) in [5.41, 5.74) is 4.11. The zero-order valence-electron chi connectivity index (χ0n) is 18.2. The summed E-state index contributed by atoms with van der Waals surface area (Å²) in [5.74, 6) is 0. The van der Waals surface area contributed by atoms with Crippen molar-refractivity contribution in [2.75, 3.05) is 4.90 Å². The van der Waals surface area contributed by atoms with Gasteiger partial charge in [0.1, 0.15) is 0 Å². The molecule has 3 aromatic carbocycles. The highest BCUT2D eigenvalue weighted by atomic mass is 15.3. The number of benzene rings is 3. The van der Waals surface area contributed by atoms with Crippen LogP contribution in [0.1, 0.15) is 36.8 Å². The summed E-state index contributed by atoms with van der Waals surface area (Å²) in [7, 11) is 0. The number of hydrogen-bond acceptors (Lipinski definition) is 3. The average molecular weight is 412 g/mol. The second-order valence-electron chi connectivity index (χ2n) is 8.98. The number of fused-ring (bicyclic) bond motifs is 2. The lowest BCUT2D eigenvalue weighted by Gasteiger charge is -2.54. The van der Waals surface area contributed by atoms with Crippen molar-refractivity contribution in [2.24, 2.45) is 0 Å². The average Bonchev–Trinajstić information content (AvgIpc) is 2.84. The Bertz CT molecular complexity index is 869. The third kappa shape index (κ3) is 4.68. The maximum Gasteiger partial charge on any atom is 0.0447 e. The highest BCUT2D eigenvalue weighted by Crippen LogP contribution is 2.38. The van der Waals surface area contributed by atoms with Gasteiger partial charge in [-0.25, -0.2) is 0 Å². The molecule has 5 rings (SSSR count). The van der Waals surface area contributed by atoms with Crippen molar-refractivity contribution in [2.45, 2.75) is 62.9 Å². The molecule has 2 aliphatic heterocycles. The molecule has 0 aromatic heterocycles. The van der Waals surface area contributed by atoms with E-state index in [0.717, 1.165) is 13.1 Å². The van der Waals surface area contributed by atoms with Crippen LogP contribution in [-0.2, 0) is 13.1 Å². The minimum absolute atomic E-state index is 0.534. The molecule has 3 nitrogen and oxygen atoms in total. The number of nitrogens with zero attached hydrogens (tertiary/aromatic N) is 1. The van der Waals surface area contributed by atoms with E-state index in [4.69, 9.17) is 0 Å². The molecule has 160 valence electrons. The zero-order valence-corrected chi connectivity index (χ0v) is 18.2. The van der Waals surface area contributed by atoms with E-state index in [-0.39, 0.29) is 0 Å². The number of para-hydroxylation sites is 1. The second kappa shape index (κ2) is 9.67. The maximum absolute atomic E-state index is 3.90. The fourth-order valence-electron chi connectivity index (χ4n) is 5.55. The van der Waals surface area contributed by atoms with Crippen LogP contribution >= 0.6 is 0 Å². The van der Waals surface area contributed by atoms with Crippen molar-refractivity contribution in [3.63, 3.8) is 0 Å². The molecule has 0 radical (unpaired) electrons. The Kier molecular flexibility index (Phi) is 6.33. The first-order chi connectivity index (χ1) is 15.4. The van der Waals surface area contributed by atoms with E-state index in [1.807, 2.05) is 0 Å². The molecule has 3 aromatic rings. The third-order valence-electron chi connectivity index (χ3n) is 7.07. The standard InChI is InChI=1S/C28H33N3/c1-4-10-22(11-5-1)20-29-25-16-18-28-26(30-21-23-12-6-2-7-13-23)17-19-27(25)31(28)24-14-8-3-9-15-24/h1-15,25-30H,16-21H2/t25-,26-,27-,28-/m1/s1. The van der Waals surface area contributed by atoms with Crippen molar-refractivity contribution in [3.8, 4) is 0 Å². The Morgan fingerprint density at radius 2 is 0.968 bits per heavy atom. The largest absolute Gasteiger partial charge is 0.362 e. The molecule has 2 bridgehead atoms. The summed E-state index contributed by atoms with van der Waals surface area (Å²) in [6.45, 7) is 1.90. The maximum atomic E-state index is 3.90. The molecular formula is C28H33N3. The molecule has 4 atom stereocenters. The predicted octanol–water partition coefficient (Wildman–Crippen LogP) is 5.13. The smallest absolute Gasteiger partial charge is 0.0447 e. The Balaban J connectivity index is 1.31. The van der Waals surface area contributed by atoms with Gasteiger partial charge in [0.25, 0.3) is 0 Å². The Morgan fingerprint density at radius 3 is 1.42 bits per heavy atom. The van der Waals surface area contributed by atoms with Gasteiger partial charge in [-0.1, -0.05) is 78.9 Å². The molecule has 0 saturated carbocycles. The predicted molar refractivity (Wildman–Crippen MR) is 129 cm³/mol. The molecule has 2 saturated heterocycles. The molecule has 2 heterocycles.